The van der Waals surface area contributed by atoms with E-state index >= 15 is 0 Å². The molecule has 0 nitrogen and oxygen atoms in total. The van der Waals surface area contributed by atoms with Gasteiger partial charge >= 0.3 is 0 Å². The molecule has 0 unspecified atom stereocenters. The highest BCUT2D eigenvalue weighted by molar-refractivity contribution is 6.68. The lowest BCUT2D eigenvalue weighted by atomic mass is 10.9. The summed E-state index contributed by atoms with van der Waals surface area (Å²) in [5, 5.41) is 0. The summed E-state index contributed by atoms with van der Waals surface area (Å²) >= 11 is 20.8. The molecule has 0 atom stereocenters. The first-order valence-corrected chi connectivity index (χ1v) is 3.31. The van der Waals surface area contributed by atoms with Crippen LogP contribution >= 0.6 is 46.4 Å². The molecule has 0 amide bonds. The monoisotopic (exact) mass is 196 g/mol. The molecule has 1 aliphatic rings. The topological polar surface area (TPSA) is 0 Å². The maximum absolute atomic E-state index is 12.1. The van der Waals surface area contributed by atoms with Crippen LogP contribution in [-0.2, 0) is 0 Å². The van der Waals surface area contributed by atoms with E-state index in [0.29, 0.717) is 0 Å². The molecule has 1 saturated carbocycles. The number of rotatable bonds is 0. The maximum Gasteiger partial charge on any atom is 0.187 e. The summed E-state index contributed by atoms with van der Waals surface area (Å²) in [7, 11) is 0. The first kappa shape index (κ1) is 7.20. The van der Waals surface area contributed by atoms with Crippen LogP contribution in [0.3, 0.4) is 0 Å². The molecule has 0 aromatic carbocycles. The van der Waals surface area contributed by atoms with Gasteiger partial charge in [-0.05, 0) is 0 Å². The Morgan fingerprint density at radius 3 is 1.12 bits per heavy atom. The molecule has 0 aromatic heterocycles. The highest BCUT2D eigenvalue weighted by atomic mass is 35.5. The third-order valence-corrected chi connectivity index (χ3v) is 3.34. The Morgan fingerprint density at radius 2 is 1.12 bits per heavy atom. The molecule has 0 N–H and O–H groups in total. The van der Waals surface area contributed by atoms with Crippen molar-refractivity contribution in [2.45, 2.75) is 14.8 Å². The molecule has 8 heavy (non-hydrogen) atoms. The zero-order chi connectivity index (χ0) is 6.58. The van der Waals surface area contributed by atoms with E-state index in [4.69, 9.17) is 46.4 Å². The smallest absolute Gasteiger partial charge is 0.187 e. The highest BCUT2D eigenvalue weighted by Gasteiger charge is 2.77. The third-order valence-electron chi connectivity index (χ3n) is 0.998. The fourth-order valence-electron chi connectivity index (χ4n) is 0.306. The van der Waals surface area contributed by atoms with Gasteiger partial charge in [0.1, 0.15) is 0 Å². The minimum atomic E-state index is -1.59. The SMILES string of the molecule is FC1C(Cl)(Cl)C1(Cl)Cl. The van der Waals surface area contributed by atoms with Crippen LogP contribution in [0.4, 0.5) is 4.39 Å². The lowest BCUT2D eigenvalue weighted by molar-refractivity contribution is 0.471. The minimum Gasteiger partial charge on any atom is -0.241 e. The van der Waals surface area contributed by atoms with E-state index in [9.17, 15) is 4.39 Å². The predicted molar refractivity (Wildman–Crippen MR) is 33.8 cm³/mol. The lowest BCUT2D eigenvalue weighted by Gasteiger charge is -1.91. The van der Waals surface area contributed by atoms with E-state index in [2.05, 4.69) is 0 Å². The van der Waals surface area contributed by atoms with Gasteiger partial charge in [-0.3, -0.25) is 0 Å². The molecule has 0 bridgehead atoms. The molecule has 5 heteroatoms. The summed E-state index contributed by atoms with van der Waals surface area (Å²) < 4.78 is 8.96. The first-order valence-electron chi connectivity index (χ1n) is 1.80. The highest BCUT2D eigenvalue weighted by Crippen LogP contribution is 2.65. The predicted octanol–water partition coefficient (Wildman–Crippen LogP) is 2.69. The van der Waals surface area contributed by atoms with Crippen molar-refractivity contribution in [1.82, 2.24) is 0 Å². The average Bonchev–Trinajstić information content (AvgIpc) is 1.88. The molecule has 0 spiro atoms. The summed E-state index contributed by atoms with van der Waals surface area (Å²) in [4.78, 5) is 0. The summed E-state index contributed by atoms with van der Waals surface area (Å²) in [6, 6.07) is 0. The average molecular weight is 198 g/mol. The third kappa shape index (κ3) is 0.652. The van der Waals surface area contributed by atoms with Gasteiger partial charge in [0.05, 0.1) is 0 Å². The minimum absolute atomic E-state index is 1.53. The quantitative estimate of drug-likeness (QED) is 0.524. The van der Waals surface area contributed by atoms with Crippen molar-refractivity contribution in [3.8, 4) is 0 Å². The van der Waals surface area contributed by atoms with Gasteiger partial charge in [-0.25, -0.2) is 4.39 Å². The Labute approximate surface area is 65.8 Å². The molecule has 0 aliphatic heterocycles. The normalized spacial score (nSPS) is 32.6. The fraction of sp³-hybridized carbons (Fsp3) is 1.00. The van der Waals surface area contributed by atoms with Gasteiger partial charge in [0.25, 0.3) is 0 Å². The second kappa shape index (κ2) is 1.57. The van der Waals surface area contributed by atoms with E-state index in [1.807, 2.05) is 0 Å². The summed E-state index contributed by atoms with van der Waals surface area (Å²) in [6.07, 6.45) is -1.53. The van der Waals surface area contributed by atoms with Crippen LogP contribution < -0.4 is 0 Å². The van der Waals surface area contributed by atoms with Crippen molar-refractivity contribution in [3.63, 3.8) is 0 Å². The number of alkyl halides is 5. The van der Waals surface area contributed by atoms with E-state index in [0.717, 1.165) is 0 Å². The maximum atomic E-state index is 12.1. The zero-order valence-electron chi connectivity index (χ0n) is 3.47. The Morgan fingerprint density at radius 1 is 1.00 bits per heavy atom. The van der Waals surface area contributed by atoms with E-state index in [1.54, 1.807) is 0 Å². The van der Waals surface area contributed by atoms with Crippen LogP contribution in [0.25, 0.3) is 0 Å². The van der Waals surface area contributed by atoms with Crippen LogP contribution in [0.2, 0.25) is 0 Å². The molecule has 0 heterocycles. The first-order chi connectivity index (χ1) is 3.40. The van der Waals surface area contributed by atoms with Gasteiger partial charge in [-0.1, -0.05) is 46.4 Å². The van der Waals surface area contributed by atoms with E-state index in [1.165, 1.54) is 0 Å². The van der Waals surface area contributed by atoms with Gasteiger partial charge in [0.2, 0.25) is 0 Å². The second-order valence-electron chi connectivity index (χ2n) is 1.61. The van der Waals surface area contributed by atoms with Crippen molar-refractivity contribution in [1.29, 1.82) is 0 Å². The van der Waals surface area contributed by atoms with Gasteiger partial charge in [-0.15, -0.1) is 0 Å². The fourth-order valence-corrected chi connectivity index (χ4v) is 1.35. The molecule has 0 saturated heterocycles. The molecule has 48 valence electrons. The summed E-state index contributed by atoms with van der Waals surface area (Å²) in [5.74, 6) is 0. The molecule has 1 aliphatic carbocycles. The number of hydrogen-bond acceptors (Lipinski definition) is 0. The van der Waals surface area contributed by atoms with Crippen LogP contribution in [-0.4, -0.2) is 14.8 Å². The van der Waals surface area contributed by atoms with Crippen LogP contribution in [0.5, 0.6) is 0 Å². The van der Waals surface area contributed by atoms with Crippen LogP contribution in [0.1, 0.15) is 0 Å². The van der Waals surface area contributed by atoms with Crippen molar-refractivity contribution in [3.05, 3.63) is 0 Å². The molecule has 1 rings (SSSR count). The Balaban J connectivity index is 2.72. The lowest BCUT2D eigenvalue weighted by Crippen LogP contribution is -1.96. The van der Waals surface area contributed by atoms with Crippen molar-refractivity contribution in [2.75, 3.05) is 0 Å². The largest absolute Gasteiger partial charge is 0.241 e. The Kier molecular flexibility index (Phi) is 1.41. The van der Waals surface area contributed by atoms with E-state index < -0.39 is 14.8 Å². The zero-order valence-corrected chi connectivity index (χ0v) is 6.49. The van der Waals surface area contributed by atoms with Gasteiger partial charge in [0, 0.05) is 0 Å². The Bertz CT molecular complexity index is 106. The van der Waals surface area contributed by atoms with Crippen LogP contribution in [0.15, 0.2) is 0 Å². The Hall–Kier alpha value is 1.09. The summed E-state index contributed by atoms with van der Waals surface area (Å²) in [6.45, 7) is 0. The molecular weight excluding hydrogens is 197 g/mol. The second-order valence-corrected chi connectivity index (χ2v) is 4.38. The number of hydrogen-bond donors (Lipinski definition) is 0. The van der Waals surface area contributed by atoms with Crippen LogP contribution in [0, 0.1) is 0 Å². The molecular formula is C3HCl4F. The van der Waals surface area contributed by atoms with Gasteiger partial charge < -0.3 is 0 Å². The van der Waals surface area contributed by atoms with Gasteiger partial charge in [-0.2, -0.15) is 0 Å². The van der Waals surface area contributed by atoms with Gasteiger partial charge in [0.15, 0.2) is 14.8 Å². The van der Waals surface area contributed by atoms with Crippen molar-refractivity contribution < 1.29 is 4.39 Å². The van der Waals surface area contributed by atoms with E-state index in [-0.39, 0.29) is 0 Å². The van der Waals surface area contributed by atoms with Crippen molar-refractivity contribution >= 4 is 46.4 Å². The standard InChI is InChI=1S/C3HCl4F/c4-2(5)1(8)3(2,6)7/h1H. The molecule has 0 radical (unpaired) electrons. The molecule has 0 aromatic rings. The number of halogens is 5. The molecule has 1 fully saturated rings. The summed E-state index contributed by atoms with van der Waals surface area (Å²) in [5.41, 5.74) is 0. The van der Waals surface area contributed by atoms with Crippen molar-refractivity contribution in [2.24, 2.45) is 0 Å².